The maximum Gasteiger partial charge on any atom is 0.256 e. The van der Waals surface area contributed by atoms with Crippen LogP contribution in [-0.2, 0) is 16.6 Å². The van der Waals surface area contributed by atoms with Crippen LogP contribution in [0.3, 0.4) is 0 Å². The molecule has 1 saturated heterocycles. The van der Waals surface area contributed by atoms with E-state index < -0.39 is 21.4 Å². The fourth-order valence-electron chi connectivity index (χ4n) is 4.75. The Morgan fingerprint density at radius 2 is 1.85 bits per heavy atom. The number of aryl methyl sites for hydroxylation is 1. The zero-order chi connectivity index (χ0) is 24.3. The molecule has 3 rings (SSSR count). The summed E-state index contributed by atoms with van der Waals surface area (Å²) >= 11 is 0. The lowest BCUT2D eigenvalue weighted by atomic mass is 9.92. The van der Waals surface area contributed by atoms with Gasteiger partial charge in [-0.25, -0.2) is 12.7 Å². The SMILES string of the molecule is CCn1cc(C(=O)NCCCN2C[C@H](C)C[C@H](C)C2)c(=O)c2cc(S(=O)(=O)N(C)C)ccc21. The molecule has 33 heavy (non-hydrogen) atoms. The van der Waals surface area contributed by atoms with Crippen LogP contribution in [0.15, 0.2) is 34.1 Å². The van der Waals surface area contributed by atoms with E-state index >= 15 is 0 Å². The van der Waals surface area contributed by atoms with Gasteiger partial charge in [-0.15, -0.1) is 0 Å². The smallest absolute Gasteiger partial charge is 0.256 e. The van der Waals surface area contributed by atoms with Crippen molar-refractivity contribution in [3.63, 3.8) is 0 Å². The monoisotopic (exact) mass is 476 g/mol. The van der Waals surface area contributed by atoms with Gasteiger partial charge in [0, 0.05) is 51.9 Å². The molecule has 0 spiro atoms. The number of rotatable bonds is 8. The molecule has 0 bridgehead atoms. The molecule has 1 aromatic heterocycles. The number of fused-ring (bicyclic) bond motifs is 1. The van der Waals surface area contributed by atoms with Gasteiger partial charge in [0.1, 0.15) is 5.56 Å². The second kappa shape index (κ2) is 10.4. The number of nitrogens with zero attached hydrogens (tertiary/aromatic N) is 3. The molecule has 8 nitrogen and oxygen atoms in total. The summed E-state index contributed by atoms with van der Waals surface area (Å²) in [6.07, 6.45) is 3.64. The van der Waals surface area contributed by atoms with Gasteiger partial charge in [-0.1, -0.05) is 13.8 Å². The minimum atomic E-state index is -3.69. The van der Waals surface area contributed by atoms with E-state index in [1.807, 2.05) is 6.92 Å². The van der Waals surface area contributed by atoms with Gasteiger partial charge >= 0.3 is 0 Å². The van der Waals surface area contributed by atoms with Crippen molar-refractivity contribution in [2.45, 2.75) is 45.1 Å². The van der Waals surface area contributed by atoms with Gasteiger partial charge in [-0.05, 0) is 56.3 Å². The minimum absolute atomic E-state index is 0.0299. The molecule has 1 N–H and O–H groups in total. The van der Waals surface area contributed by atoms with Crippen LogP contribution in [0.4, 0.5) is 0 Å². The summed E-state index contributed by atoms with van der Waals surface area (Å²) in [5.41, 5.74) is 0.177. The molecule has 9 heteroatoms. The number of hydrogen-bond donors (Lipinski definition) is 1. The van der Waals surface area contributed by atoms with E-state index in [0.29, 0.717) is 30.4 Å². The maximum atomic E-state index is 13.1. The standard InChI is InChI=1S/C24H36N4O4S/c1-6-28-16-21(24(30)25-10-7-11-27-14-17(2)12-18(3)15-27)23(29)20-13-19(8-9-22(20)28)33(31,32)26(4)5/h8-9,13,16-18H,6-7,10-12,14-15H2,1-5H3,(H,25,30)/t17-,18+. The molecule has 182 valence electrons. The van der Waals surface area contributed by atoms with Crippen LogP contribution in [0.5, 0.6) is 0 Å². The van der Waals surface area contributed by atoms with E-state index in [-0.39, 0.29) is 15.8 Å². The van der Waals surface area contributed by atoms with Crippen molar-refractivity contribution >= 4 is 26.8 Å². The van der Waals surface area contributed by atoms with Crippen LogP contribution in [0.1, 0.15) is 44.0 Å². The van der Waals surface area contributed by atoms with Crippen molar-refractivity contribution < 1.29 is 13.2 Å². The molecule has 1 aliphatic heterocycles. The predicted molar refractivity (Wildman–Crippen MR) is 131 cm³/mol. The molecular weight excluding hydrogens is 440 g/mol. The zero-order valence-corrected chi connectivity index (χ0v) is 21.1. The Balaban J connectivity index is 1.78. The van der Waals surface area contributed by atoms with Gasteiger partial charge in [0.25, 0.3) is 5.91 Å². The normalized spacial score (nSPS) is 19.8. The summed E-state index contributed by atoms with van der Waals surface area (Å²) in [6, 6.07) is 4.48. The van der Waals surface area contributed by atoms with Crippen LogP contribution in [0.2, 0.25) is 0 Å². The molecule has 2 atom stereocenters. The molecule has 2 aromatic rings. The Morgan fingerprint density at radius 1 is 1.18 bits per heavy atom. The maximum absolute atomic E-state index is 13.1. The van der Waals surface area contributed by atoms with Crippen LogP contribution in [0, 0.1) is 11.8 Å². The highest BCUT2D eigenvalue weighted by molar-refractivity contribution is 7.89. The topological polar surface area (TPSA) is 91.7 Å². The Morgan fingerprint density at radius 3 is 2.45 bits per heavy atom. The highest BCUT2D eigenvalue weighted by Crippen LogP contribution is 2.21. The molecule has 1 amide bonds. The van der Waals surface area contributed by atoms with Crippen LogP contribution in [0.25, 0.3) is 10.9 Å². The third-order valence-corrected chi connectivity index (χ3v) is 8.11. The highest BCUT2D eigenvalue weighted by atomic mass is 32.2. The molecule has 1 aliphatic rings. The average Bonchev–Trinajstić information content (AvgIpc) is 2.76. The lowest BCUT2D eigenvalue weighted by Crippen LogP contribution is -2.40. The third kappa shape index (κ3) is 5.65. The van der Waals surface area contributed by atoms with Crippen molar-refractivity contribution in [1.29, 1.82) is 0 Å². The number of hydrogen-bond acceptors (Lipinski definition) is 5. The summed E-state index contributed by atoms with van der Waals surface area (Å²) in [4.78, 5) is 28.5. The quantitative estimate of drug-likeness (QED) is 0.591. The largest absolute Gasteiger partial charge is 0.352 e. The first kappa shape index (κ1) is 25.4. The van der Waals surface area contributed by atoms with Gasteiger partial charge in [-0.3, -0.25) is 9.59 Å². The van der Waals surface area contributed by atoms with E-state index in [9.17, 15) is 18.0 Å². The molecule has 1 aromatic carbocycles. The van der Waals surface area contributed by atoms with E-state index in [0.717, 1.165) is 30.4 Å². The fraction of sp³-hybridized carbons (Fsp3) is 0.583. The summed E-state index contributed by atoms with van der Waals surface area (Å²) in [5, 5.41) is 3.10. The summed E-state index contributed by atoms with van der Waals surface area (Å²) in [5.74, 6) is 0.953. The Hall–Kier alpha value is -2.23. The number of carbonyl (C=O) groups is 1. The van der Waals surface area contributed by atoms with Gasteiger partial charge in [-0.2, -0.15) is 0 Å². The lowest BCUT2D eigenvalue weighted by Gasteiger charge is -2.34. The molecular formula is C24H36N4O4S. The van der Waals surface area contributed by atoms with Crippen molar-refractivity contribution in [3.05, 3.63) is 40.2 Å². The predicted octanol–water partition coefficient (Wildman–Crippen LogP) is 2.37. The first-order valence-corrected chi connectivity index (χ1v) is 13.1. The Kier molecular flexibility index (Phi) is 7.97. The number of benzene rings is 1. The number of piperidine rings is 1. The Labute approximate surface area is 196 Å². The van der Waals surface area contributed by atoms with E-state index in [1.165, 1.54) is 32.6 Å². The van der Waals surface area contributed by atoms with Crippen molar-refractivity contribution in [2.24, 2.45) is 11.8 Å². The summed E-state index contributed by atoms with van der Waals surface area (Å²) in [6.45, 7) is 10.6. The van der Waals surface area contributed by atoms with E-state index in [4.69, 9.17) is 0 Å². The second-order valence-corrected chi connectivity index (χ2v) is 11.6. The van der Waals surface area contributed by atoms with Crippen LogP contribution in [-0.4, -0.2) is 68.4 Å². The zero-order valence-electron chi connectivity index (χ0n) is 20.3. The summed E-state index contributed by atoms with van der Waals surface area (Å²) < 4.78 is 28.0. The van der Waals surface area contributed by atoms with E-state index in [1.54, 1.807) is 16.8 Å². The van der Waals surface area contributed by atoms with Crippen LogP contribution < -0.4 is 10.7 Å². The number of likely N-dealkylation sites (tertiary alicyclic amines) is 1. The third-order valence-electron chi connectivity index (χ3n) is 6.30. The molecule has 0 aliphatic carbocycles. The molecule has 0 radical (unpaired) electrons. The van der Waals surface area contributed by atoms with Gasteiger partial charge in [0.15, 0.2) is 0 Å². The minimum Gasteiger partial charge on any atom is -0.352 e. The first-order chi connectivity index (χ1) is 15.5. The van der Waals surface area contributed by atoms with Crippen LogP contribution >= 0.6 is 0 Å². The number of pyridine rings is 1. The highest BCUT2D eigenvalue weighted by Gasteiger charge is 2.22. The molecule has 0 saturated carbocycles. The van der Waals surface area contributed by atoms with Crippen molar-refractivity contribution in [1.82, 2.24) is 19.1 Å². The van der Waals surface area contributed by atoms with Gasteiger partial charge in [0.05, 0.1) is 10.4 Å². The van der Waals surface area contributed by atoms with Gasteiger partial charge < -0.3 is 14.8 Å². The molecule has 1 fully saturated rings. The summed E-state index contributed by atoms with van der Waals surface area (Å²) in [7, 11) is -0.807. The first-order valence-electron chi connectivity index (χ1n) is 11.6. The second-order valence-electron chi connectivity index (χ2n) is 9.44. The number of carbonyl (C=O) groups excluding carboxylic acids is 1. The lowest BCUT2D eigenvalue weighted by molar-refractivity contribution is 0.0945. The Bertz CT molecular complexity index is 1160. The fourth-order valence-corrected chi connectivity index (χ4v) is 5.67. The van der Waals surface area contributed by atoms with Gasteiger partial charge in [0.2, 0.25) is 15.5 Å². The number of aromatic nitrogens is 1. The number of amides is 1. The number of sulfonamides is 1. The molecule has 2 heterocycles. The van der Waals surface area contributed by atoms with Crippen molar-refractivity contribution in [2.75, 3.05) is 40.3 Å². The average molecular weight is 477 g/mol. The van der Waals surface area contributed by atoms with E-state index in [2.05, 4.69) is 24.1 Å². The number of nitrogens with one attached hydrogen (secondary N) is 1. The molecule has 0 unspecified atom stereocenters. The van der Waals surface area contributed by atoms with Crippen molar-refractivity contribution in [3.8, 4) is 0 Å².